The molecule has 0 spiro atoms. The van der Waals surface area contributed by atoms with Crippen molar-refractivity contribution in [2.45, 2.75) is 72.6 Å². The molecule has 0 radical (unpaired) electrons. The number of benzene rings is 1. The molecule has 1 aromatic heterocycles. The standard InChI is InChI=1S/C25H35N3/c1-5-8-10-15-21(14-9-6-2)18-23-24(12-7-3)26-19-27-25(23)28-22-16-11-13-20(4)17-22/h7,11-13,16-19H,5-6,8-10,14-15H2,1-4H3,(H,26,27,28)/b12-7+,21-18+. The van der Waals surface area contributed by atoms with Crippen molar-refractivity contribution in [1.29, 1.82) is 0 Å². The van der Waals surface area contributed by atoms with Crippen LogP contribution in [0.15, 0.2) is 42.2 Å². The molecule has 28 heavy (non-hydrogen) atoms. The van der Waals surface area contributed by atoms with Crippen LogP contribution in [0.5, 0.6) is 0 Å². The lowest BCUT2D eigenvalue weighted by Crippen LogP contribution is -2.01. The van der Waals surface area contributed by atoms with Crippen LogP contribution in [-0.2, 0) is 0 Å². The van der Waals surface area contributed by atoms with Crippen LogP contribution >= 0.6 is 0 Å². The molecule has 0 unspecified atom stereocenters. The molecule has 1 heterocycles. The molecule has 3 nitrogen and oxygen atoms in total. The fourth-order valence-corrected chi connectivity index (χ4v) is 3.28. The number of nitrogens with one attached hydrogen (secondary N) is 1. The molecule has 0 fully saturated rings. The number of rotatable bonds is 11. The zero-order valence-corrected chi connectivity index (χ0v) is 18.0. The van der Waals surface area contributed by atoms with Gasteiger partial charge in [0.15, 0.2) is 0 Å². The third kappa shape index (κ3) is 6.95. The first-order valence-corrected chi connectivity index (χ1v) is 10.7. The number of nitrogens with zero attached hydrogens (tertiary/aromatic N) is 2. The third-order valence-electron chi connectivity index (χ3n) is 4.82. The number of hydrogen-bond acceptors (Lipinski definition) is 3. The molecule has 0 aliphatic heterocycles. The summed E-state index contributed by atoms with van der Waals surface area (Å²) in [4.78, 5) is 9.11. The Morgan fingerprint density at radius 2 is 1.82 bits per heavy atom. The lowest BCUT2D eigenvalue weighted by atomic mass is 9.98. The summed E-state index contributed by atoms with van der Waals surface area (Å²) in [5.41, 5.74) is 5.85. The highest BCUT2D eigenvalue weighted by molar-refractivity contribution is 5.75. The van der Waals surface area contributed by atoms with Gasteiger partial charge in [-0.3, -0.25) is 0 Å². The van der Waals surface area contributed by atoms with Crippen LogP contribution in [0.25, 0.3) is 12.2 Å². The van der Waals surface area contributed by atoms with E-state index in [4.69, 9.17) is 0 Å². The SMILES string of the molecule is C/C=C/c1ncnc(Nc2cccc(C)c2)c1/C=C(\CCCC)CCCCC. The molecular formula is C25H35N3. The van der Waals surface area contributed by atoms with Crippen LogP contribution < -0.4 is 5.32 Å². The minimum Gasteiger partial charge on any atom is -0.340 e. The van der Waals surface area contributed by atoms with Gasteiger partial charge in [-0.05, 0) is 69.4 Å². The molecule has 0 saturated carbocycles. The van der Waals surface area contributed by atoms with Crippen molar-refractivity contribution in [3.05, 3.63) is 59.1 Å². The largest absolute Gasteiger partial charge is 0.340 e. The lowest BCUT2D eigenvalue weighted by Gasteiger charge is -2.13. The van der Waals surface area contributed by atoms with Gasteiger partial charge in [-0.2, -0.15) is 0 Å². The second-order valence-electron chi connectivity index (χ2n) is 7.38. The number of aromatic nitrogens is 2. The Morgan fingerprint density at radius 3 is 2.54 bits per heavy atom. The number of allylic oxidation sites excluding steroid dienone is 2. The predicted molar refractivity (Wildman–Crippen MR) is 123 cm³/mol. The Balaban J connectivity index is 2.41. The van der Waals surface area contributed by atoms with E-state index in [1.807, 2.05) is 13.0 Å². The van der Waals surface area contributed by atoms with Gasteiger partial charge in [-0.1, -0.05) is 56.9 Å². The Labute approximate surface area is 171 Å². The molecule has 150 valence electrons. The van der Waals surface area contributed by atoms with Crippen molar-refractivity contribution in [2.24, 2.45) is 0 Å². The summed E-state index contributed by atoms with van der Waals surface area (Å²) >= 11 is 0. The summed E-state index contributed by atoms with van der Waals surface area (Å²) in [5.74, 6) is 0.873. The van der Waals surface area contributed by atoms with Gasteiger partial charge < -0.3 is 5.32 Å². The maximum absolute atomic E-state index is 4.58. The van der Waals surface area contributed by atoms with E-state index in [1.165, 1.54) is 43.2 Å². The molecule has 0 amide bonds. The van der Waals surface area contributed by atoms with Gasteiger partial charge in [0.25, 0.3) is 0 Å². The summed E-state index contributed by atoms with van der Waals surface area (Å²) < 4.78 is 0. The zero-order chi connectivity index (χ0) is 20.2. The van der Waals surface area contributed by atoms with Crippen molar-refractivity contribution in [3.8, 4) is 0 Å². The van der Waals surface area contributed by atoms with Crippen LogP contribution in [-0.4, -0.2) is 9.97 Å². The van der Waals surface area contributed by atoms with E-state index in [2.05, 4.69) is 72.5 Å². The Morgan fingerprint density at radius 1 is 1.04 bits per heavy atom. The third-order valence-corrected chi connectivity index (χ3v) is 4.82. The molecule has 3 heteroatoms. The van der Waals surface area contributed by atoms with Gasteiger partial charge >= 0.3 is 0 Å². The quantitative estimate of drug-likeness (QED) is 0.407. The van der Waals surface area contributed by atoms with E-state index in [1.54, 1.807) is 6.33 Å². The highest BCUT2D eigenvalue weighted by Crippen LogP contribution is 2.27. The highest BCUT2D eigenvalue weighted by Gasteiger charge is 2.10. The Kier molecular flexibility index (Phi) is 9.47. The van der Waals surface area contributed by atoms with Gasteiger partial charge in [-0.15, -0.1) is 0 Å². The maximum Gasteiger partial charge on any atom is 0.141 e. The van der Waals surface area contributed by atoms with E-state index in [9.17, 15) is 0 Å². The summed E-state index contributed by atoms with van der Waals surface area (Å²) in [7, 11) is 0. The van der Waals surface area contributed by atoms with E-state index in [-0.39, 0.29) is 0 Å². The van der Waals surface area contributed by atoms with Crippen LogP contribution in [0.2, 0.25) is 0 Å². The van der Waals surface area contributed by atoms with E-state index < -0.39 is 0 Å². The number of unbranched alkanes of at least 4 members (excludes halogenated alkanes) is 3. The van der Waals surface area contributed by atoms with Gasteiger partial charge in [-0.25, -0.2) is 9.97 Å². The lowest BCUT2D eigenvalue weighted by molar-refractivity contribution is 0.681. The summed E-state index contributed by atoms with van der Waals surface area (Å²) in [6.07, 6.45) is 16.6. The average Bonchev–Trinajstić information content (AvgIpc) is 2.68. The van der Waals surface area contributed by atoms with E-state index in [0.29, 0.717) is 0 Å². The number of aryl methyl sites for hydroxylation is 1. The molecule has 0 aliphatic carbocycles. The van der Waals surface area contributed by atoms with Crippen molar-refractivity contribution in [3.63, 3.8) is 0 Å². The second-order valence-corrected chi connectivity index (χ2v) is 7.38. The number of hydrogen-bond donors (Lipinski definition) is 1. The topological polar surface area (TPSA) is 37.8 Å². The molecule has 1 N–H and O–H groups in total. The molecule has 0 saturated heterocycles. The molecule has 0 aliphatic rings. The zero-order valence-electron chi connectivity index (χ0n) is 18.0. The predicted octanol–water partition coefficient (Wildman–Crippen LogP) is 7.72. The minimum absolute atomic E-state index is 0.873. The highest BCUT2D eigenvalue weighted by atomic mass is 15.0. The molecule has 2 rings (SSSR count). The summed E-state index contributed by atoms with van der Waals surface area (Å²) in [6, 6.07) is 8.40. The van der Waals surface area contributed by atoms with E-state index >= 15 is 0 Å². The monoisotopic (exact) mass is 377 g/mol. The summed E-state index contributed by atoms with van der Waals surface area (Å²) in [5, 5.41) is 3.51. The van der Waals surface area contributed by atoms with Crippen molar-refractivity contribution in [2.75, 3.05) is 5.32 Å². The maximum atomic E-state index is 4.58. The van der Waals surface area contributed by atoms with Crippen LogP contribution in [0.3, 0.4) is 0 Å². The minimum atomic E-state index is 0.873. The Bertz CT molecular complexity index is 790. The molecule has 1 aromatic carbocycles. The van der Waals surface area contributed by atoms with Crippen LogP contribution in [0, 0.1) is 6.92 Å². The average molecular weight is 378 g/mol. The number of anilines is 2. The Hall–Kier alpha value is -2.42. The van der Waals surface area contributed by atoms with Gasteiger partial charge in [0, 0.05) is 11.3 Å². The van der Waals surface area contributed by atoms with Crippen LogP contribution in [0.4, 0.5) is 11.5 Å². The normalized spacial score (nSPS) is 11.9. The van der Waals surface area contributed by atoms with Crippen LogP contribution in [0.1, 0.15) is 82.5 Å². The van der Waals surface area contributed by atoms with Crippen molar-refractivity contribution >= 4 is 23.7 Å². The van der Waals surface area contributed by atoms with Gasteiger partial charge in [0.1, 0.15) is 12.1 Å². The second kappa shape index (κ2) is 12.1. The molecular weight excluding hydrogens is 342 g/mol. The molecule has 2 aromatic rings. The molecule has 0 atom stereocenters. The summed E-state index contributed by atoms with van der Waals surface area (Å²) in [6.45, 7) is 8.65. The first-order chi connectivity index (χ1) is 13.7. The van der Waals surface area contributed by atoms with E-state index in [0.717, 1.165) is 35.6 Å². The van der Waals surface area contributed by atoms with Crippen molar-refractivity contribution < 1.29 is 0 Å². The fourth-order valence-electron chi connectivity index (χ4n) is 3.28. The first-order valence-electron chi connectivity index (χ1n) is 10.7. The first kappa shape index (κ1) is 21.9. The smallest absolute Gasteiger partial charge is 0.141 e. The van der Waals surface area contributed by atoms with Gasteiger partial charge in [0.05, 0.1) is 5.69 Å². The van der Waals surface area contributed by atoms with Gasteiger partial charge in [0.2, 0.25) is 0 Å². The fraction of sp³-hybridized carbons (Fsp3) is 0.440. The van der Waals surface area contributed by atoms with Crippen molar-refractivity contribution in [1.82, 2.24) is 9.97 Å². The molecule has 0 bridgehead atoms.